The van der Waals surface area contributed by atoms with E-state index in [4.69, 9.17) is 35.3 Å². The van der Waals surface area contributed by atoms with Gasteiger partial charge in [0.25, 0.3) is 10.2 Å². The number of alkyl halides is 1. The molecule has 0 saturated heterocycles. The number of esters is 2. The van der Waals surface area contributed by atoms with Crippen molar-refractivity contribution in [2.75, 3.05) is 33.5 Å². The fourth-order valence-corrected chi connectivity index (χ4v) is 10.3. The van der Waals surface area contributed by atoms with E-state index in [1.807, 2.05) is 6.92 Å². The topological polar surface area (TPSA) is 256 Å². The van der Waals surface area contributed by atoms with Crippen LogP contribution < -0.4 is 9.47 Å². The first-order valence-corrected chi connectivity index (χ1v) is 19.5. The van der Waals surface area contributed by atoms with Crippen LogP contribution in [0.3, 0.4) is 0 Å². The molecule has 0 spiro atoms. The summed E-state index contributed by atoms with van der Waals surface area (Å²) in [6.45, 7) is 3.83. The standard InChI is InChI=1S/C39H47ClN2O17/c1-23-18-28-27-11-10-25-20-26(43)13-14-36(25,2)38(27,40)31(44)21-37(28,3)39(23,59-33(46)8-7-17-57-42(51)52)32(45)22-55-35(48)58-29-12-9-24(19-30(29)53-4)34(47)54-15-5-6-16-56-41(49)50/h9,12-14,19-20,23,27-28,31,44H,5-8,10-11,15-18,21-22H2,1-4H3/t23-,27?,28?,31-,36-,37-,38-,39-/m0/s1. The van der Waals surface area contributed by atoms with Crippen molar-refractivity contribution in [2.24, 2.45) is 28.6 Å². The first-order valence-electron chi connectivity index (χ1n) is 19.1. The van der Waals surface area contributed by atoms with Gasteiger partial charge in [0.05, 0.1) is 43.5 Å². The number of fused-ring (bicyclic) bond motifs is 5. The summed E-state index contributed by atoms with van der Waals surface area (Å²) in [7, 11) is 1.25. The van der Waals surface area contributed by atoms with Gasteiger partial charge in [-0.1, -0.05) is 32.4 Å². The molecule has 3 saturated carbocycles. The van der Waals surface area contributed by atoms with Crippen molar-refractivity contribution >= 4 is 41.3 Å². The molecule has 1 aromatic carbocycles. The highest BCUT2D eigenvalue weighted by atomic mass is 35.5. The summed E-state index contributed by atoms with van der Waals surface area (Å²) < 4.78 is 27.3. The molecule has 8 atom stereocenters. The van der Waals surface area contributed by atoms with Crippen LogP contribution in [0.5, 0.6) is 11.5 Å². The van der Waals surface area contributed by atoms with E-state index in [0.717, 1.165) is 5.57 Å². The van der Waals surface area contributed by atoms with E-state index in [1.54, 1.807) is 26.0 Å². The van der Waals surface area contributed by atoms with Crippen molar-refractivity contribution in [2.45, 2.75) is 88.7 Å². The van der Waals surface area contributed by atoms with Crippen LogP contribution in [-0.4, -0.2) is 95.1 Å². The predicted molar refractivity (Wildman–Crippen MR) is 201 cm³/mol. The average Bonchev–Trinajstić information content (AvgIpc) is 3.39. The van der Waals surface area contributed by atoms with Gasteiger partial charge in [-0.05, 0) is 87.1 Å². The molecule has 0 aliphatic heterocycles. The van der Waals surface area contributed by atoms with Crippen LogP contribution >= 0.6 is 11.6 Å². The maximum atomic E-state index is 14.6. The van der Waals surface area contributed by atoms with Gasteiger partial charge in [-0.15, -0.1) is 31.8 Å². The van der Waals surface area contributed by atoms with Gasteiger partial charge < -0.3 is 38.5 Å². The summed E-state index contributed by atoms with van der Waals surface area (Å²) >= 11 is 7.57. The number of aliphatic hydroxyl groups is 1. The predicted octanol–water partition coefficient (Wildman–Crippen LogP) is 5.08. The number of benzene rings is 1. The number of halogens is 1. The number of hydrogen-bond acceptors (Lipinski definition) is 17. The van der Waals surface area contributed by atoms with E-state index in [9.17, 15) is 49.3 Å². The summed E-state index contributed by atoms with van der Waals surface area (Å²) in [6.07, 6.45) is 3.43. The van der Waals surface area contributed by atoms with Gasteiger partial charge in [-0.3, -0.25) is 14.4 Å². The minimum atomic E-state index is -1.97. The number of carbonyl (C=O) groups is 5. The lowest BCUT2D eigenvalue weighted by molar-refractivity contribution is -0.757. The molecule has 0 heterocycles. The Morgan fingerprint density at radius 2 is 1.64 bits per heavy atom. The molecule has 59 heavy (non-hydrogen) atoms. The smallest absolute Gasteiger partial charge is 0.493 e. The zero-order valence-corrected chi connectivity index (χ0v) is 33.8. The molecule has 0 amide bonds. The molecule has 322 valence electrons. The Morgan fingerprint density at radius 1 is 0.966 bits per heavy atom. The van der Waals surface area contributed by atoms with Crippen LogP contribution in [-0.2, 0) is 38.3 Å². The summed E-state index contributed by atoms with van der Waals surface area (Å²) in [5.41, 5.74) is -3.29. The molecule has 5 rings (SSSR count). The molecule has 20 heteroatoms. The second-order valence-corrected chi connectivity index (χ2v) is 16.2. The summed E-state index contributed by atoms with van der Waals surface area (Å²) in [5, 5.41) is 31.1. The molecule has 4 aliphatic carbocycles. The Morgan fingerprint density at radius 3 is 2.32 bits per heavy atom. The number of methoxy groups -OCH3 is 1. The highest BCUT2D eigenvalue weighted by Gasteiger charge is 2.76. The molecule has 2 unspecified atom stereocenters. The van der Waals surface area contributed by atoms with Gasteiger partial charge in [0.2, 0.25) is 5.78 Å². The Labute approximate surface area is 343 Å². The molecule has 4 aliphatic rings. The van der Waals surface area contributed by atoms with Gasteiger partial charge in [-0.2, -0.15) is 0 Å². The van der Waals surface area contributed by atoms with Crippen LogP contribution in [0.1, 0.15) is 82.5 Å². The second-order valence-electron chi connectivity index (χ2n) is 15.6. The lowest BCUT2D eigenvalue weighted by Crippen LogP contribution is -2.69. The zero-order chi connectivity index (χ0) is 43.3. The fraction of sp³-hybridized carbons (Fsp3) is 0.615. The van der Waals surface area contributed by atoms with E-state index < -0.39 is 92.4 Å². The van der Waals surface area contributed by atoms with Gasteiger partial charge in [0.1, 0.15) is 0 Å². The van der Waals surface area contributed by atoms with Gasteiger partial charge in [0.15, 0.2) is 29.5 Å². The van der Waals surface area contributed by atoms with Crippen LogP contribution in [0.15, 0.2) is 42.0 Å². The van der Waals surface area contributed by atoms with Crippen molar-refractivity contribution in [3.8, 4) is 11.5 Å². The molecule has 1 aromatic rings. The molecule has 1 N–H and O–H groups in total. The third-order valence-electron chi connectivity index (χ3n) is 12.5. The van der Waals surface area contributed by atoms with Gasteiger partial charge in [-0.25, -0.2) is 9.59 Å². The number of nitrogens with zero attached hydrogens (tertiary/aromatic N) is 2. The van der Waals surface area contributed by atoms with Crippen molar-refractivity contribution in [1.29, 1.82) is 0 Å². The number of unbranched alkanes of at least 4 members (excludes halogenated alkanes) is 1. The van der Waals surface area contributed by atoms with Crippen molar-refractivity contribution in [3.05, 3.63) is 67.8 Å². The Hall–Kier alpha value is -5.30. The second kappa shape index (κ2) is 17.9. The third kappa shape index (κ3) is 8.57. The Balaban J connectivity index is 1.34. The summed E-state index contributed by atoms with van der Waals surface area (Å²) in [6, 6.07) is 3.77. The molecule has 0 bridgehead atoms. The Kier molecular flexibility index (Phi) is 13.6. The SMILES string of the molecule is COc1cc(C(=O)OCCCCO[N+](=O)[O-])ccc1OC(=O)OCC(=O)[C@@]1(OC(=O)CCCO[N+](=O)[O-])[C@@H](C)CC2C3CCC4=CC(=O)C=C[C@]4(C)[C@@]3(Cl)[C@@H](O)C[C@@]21C. The zero-order valence-electron chi connectivity index (χ0n) is 33.0. The first-order chi connectivity index (χ1) is 27.8. The highest BCUT2D eigenvalue weighted by Crippen LogP contribution is 2.72. The normalized spacial score (nSPS) is 30.3. The van der Waals surface area contributed by atoms with E-state index in [0.29, 0.717) is 25.7 Å². The summed E-state index contributed by atoms with van der Waals surface area (Å²) in [4.78, 5) is 94.3. The number of hydrogen-bond donors (Lipinski definition) is 1. The van der Waals surface area contributed by atoms with E-state index >= 15 is 0 Å². The number of aliphatic hydroxyl groups excluding tert-OH is 1. The number of allylic oxidation sites excluding steroid dienone is 4. The lowest BCUT2D eigenvalue weighted by atomic mass is 9.45. The number of ketones is 2. The largest absolute Gasteiger partial charge is 0.514 e. The number of ether oxygens (including phenoxy) is 5. The monoisotopic (exact) mass is 850 g/mol. The number of rotatable bonds is 18. The number of carbonyl (C=O) groups excluding carboxylic acids is 5. The van der Waals surface area contributed by atoms with Gasteiger partial charge in [0, 0.05) is 23.2 Å². The lowest BCUT2D eigenvalue weighted by Gasteiger charge is -2.64. The molecule has 19 nitrogen and oxygen atoms in total. The van der Waals surface area contributed by atoms with Crippen molar-refractivity contribution in [1.82, 2.24) is 0 Å². The van der Waals surface area contributed by atoms with Gasteiger partial charge >= 0.3 is 18.1 Å². The van der Waals surface area contributed by atoms with Crippen molar-refractivity contribution in [3.63, 3.8) is 0 Å². The molecule has 3 fully saturated rings. The number of Topliss-reactive ketones (excluding diaryl/α,β-unsaturated/α-hetero) is 1. The maximum Gasteiger partial charge on any atom is 0.514 e. The maximum absolute atomic E-state index is 14.6. The Bertz CT molecular complexity index is 1920. The average molecular weight is 851 g/mol. The van der Waals surface area contributed by atoms with E-state index in [1.165, 1.54) is 31.4 Å². The molecular weight excluding hydrogens is 804 g/mol. The molecule has 0 radical (unpaired) electrons. The van der Waals surface area contributed by atoms with E-state index in [-0.39, 0.29) is 61.7 Å². The van der Waals surface area contributed by atoms with E-state index in [2.05, 4.69) is 9.68 Å². The minimum Gasteiger partial charge on any atom is -0.493 e. The van der Waals surface area contributed by atoms with Crippen LogP contribution in [0, 0.1) is 48.8 Å². The molecule has 0 aromatic heterocycles. The van der Waals surface area contributed by atoms with Crippen LogP contribution in [0.25, 0.3) is 0 Å². The van der Waals surface area contributed by atoms with Crippen molar-refractivity contribution < 1.29 is 72.6 Å². The van der Waals surface area contributed by atoms with Crippen LogP contribution in [0.2, 0.25) is 0 Å². The quantitative estimate of drug-likeness (QED) is 0.0384. The first kappa shape index (κ1) is 44.8. The highest BCUT2D eigenvalue weighted by molar-refractivity contribution is 6.26. The third-order valence-corrected chi connectivity index (χ3v) is 13.4. The summed E-state index contributed by atoms with van der Waals surface area (Å²) in [5.74, 6) is -4.33. The van der Waals surface area contributed by atoms with Crippen LogP contribution in [0.4, 0.5) is 4.79 Å². The minimum absolute atomic E-state index is 0.0360. The molecular formula is C39H47ClN2O17. The fourth-order valence-electron chi connectivity index (χ4n) is 9.81.